The summed E-state index contributed by atoms with van der Waals surface area (Å²) in [7, 11) is 0. The second-order valence-corrected chi connectivity index (χ2v) is 10.8. The van der Waals surface area contributed by atoms with Crippen molar-refractivity contribution in [3.8, 4) is 0 Å². The van der Waals surface area contributed by atoms with Crippen LogP contribution in [0.3, 0.4) is 0 Å². The molecule has 5 N–H and O–H groups in total. The fraction of sp³-hybridized carbons (Fsp3) is 0.686. The molecule has 0 rings (SSSR count). The van der Waals surface area contributed by atoms with Gasteiger partial charge in [0.1, 0.15) is 12.2 Å². The van der Waals surface area contributed by atoms with E-state index in [9.17, 15) is 25.2 Å². The van der Waals surface area contributed by atoms with Crippen molar-refractivity contribution in [1.82, 2.24) is 5.32 Å². The Morgan fingerprint density at radius 1 is 0.659 bits per heavy atom. The lowest BCUT2D eigenvalue weighted by atomic mass is 10.0. The minimum Gasteiger partial charge on any atom is -0.394 e. The highest BCUT2D eigenvalue weighted by Crippen LogP contribution is 2.11. The minimum absolute atomic E-state index is 0.145. The Hall–Kier alpha value is -1.99. The van der Waals surface area contributed by atoms with E-state index in [0.29, 0.717) is 12.8 Å². The third-order valence-electron chi connectivity index (χ3n) is 6.93. The van der Waals surface area contributed by atoms with E-state index in [-0.39, 0.29) is 6.42 Å². The molecule has 0 aromatic carbocycles. The zero-order valence-corrected chi connectivity index (χ0v) is 26.0. The predicted molar refractivity (Wildman–Crippen MR) is 173 cm³/mol. The van der Waals surface area contributed by atoms with Gasteiger partial charge in [-0.1, -0.05) is 107 Å². The molecule has 4 unspecified atom stereocenters. The number of hydrogen-bond donors (Lipinski definition) is 5. The molecule has 6 heteroatoms. The number of aliphatic hydroxyl groups is 4. The number of unbranched alkanes of at least 4 members (excludes halogenated alkanes) is 9. The van der Waals surface area contributed by atoms with E-state index in [1.54, 1.807) is 6.08 Å². The lowest BCUT2D eigenvalue weighted by molar-refractivity contribution is -0.132. The van der Waals surface area contributed by atoms with Crippen LogP contribution in [-0.2, 0) is 4.79 Å². The Bertz CT molecular complexity index is 743. The molecule has 0 bridgehead atoms. The molecule has 6 nitrogen and oxygen atoms in total. The van der Waals surface area contributed by atoms with Gasteiger partial charge in [0.25, 0.3) is 0 Å². The third kappa shape index (κ3) is 24.3. The normalized spacial score (nSPS) is 15.6. The number of aliphatic hydroxyl groups excluding tert-OH is 4. The number of rotatable bonds is 27. The van der Waals surface area contributed by atoms with E-state index in [1.165, 1.54) is 38.5 Å². The third-order valence-corrected chi connectivity index (χ3v) is 6.93. The molecule has 0 radical (unpaired) electrons. The molecule has 4 atom stereocenters. The molecular weight excluding hydrogens is 514 g/mol. The van der Waals surface area contributed by atoms with Gasteiger partial charge in [-0.05, 0) is 70.6 Å². The van der Waals surface area contributed by atoms with Crippen molar-refractivity contribution in [2.75, 3.05) is 6.61 Å². The number of carbonyl (C=O) groups excluding carboxylic acids is 1. The van der Waals surface area contributed by atoms with E-state index in [4.69, 9.17) is 0 Å². The van der Waals surface area contributed by atoms with Crippen molar-refractivity contribution in [1.29, 1.82) is 0 Å². The molecule has 0 fully saturated rings. The van der Waals surface area contributed by atoms with E-state index >= 15 is 0 Å². The van der Waals surface area contributed by atoms with Crippen LogP contribution in [0.5, 0.6) is 0 Å². The largest absolute Gasteiger partial charge is 0.394 e. The molecule has 0 aromatic rings. The molecule has 0 aliphatic heterocycles. The number of amides is 1. The second-order valence-electron chi connectivity index (χ2n) is 10.8. The first-order chi connectivity index (χ1) is 20.0. The Kier molecular flexibility index (Phi) is 28.1. The van der Waals surface area contributed by atoms with Crippen molar-refractivity contribution in [2.24, 2.45) is 0 Å². The number of nitrogens with one attached hydrogen (secondary N) is 1. The SMILES string of the molecule is CC/C=C/CC/C=C/CC/C=C/CCCC(O)C(O)C(CO)NC(=O)C(O)C/C=C\C/C=C\CCCCCCCC. The van der Waals surface area contributed by atoms with Gasteiger partial charge in [0.15, 0.2) is 0 Å². The lowest BCUT2D eigenvalue weighted by Crippen LogP contribution is -2.52. The zero-order valence-electron chi connectivity index (χ0n) is 26.0. The molecule has 0 heterocycles. The van der Waals surface area contributed by atoms with Crippen LogP contribution in [0.15, 0.2) is 60.8 Å². The molecular formula is C35H61NO5. The maximum Gasteiger partial charge on any atom is 0.249 e. The van der Waals surface area contributed by atoms with Gasteiger partial charge in [0.2, 0.25) is 5.91 Å². The van der Waals surface area contributed by atoms with Crippen molar-refractivity contribution < 1.29 is 25.2 Å². The Morgan fingerprint density at radius 3 is 1.83 bits per heavy atom. The highest BCUT2D eigenvalue weighted by atomic mass is 16.3. The highest BCUT2D eigenvalue weighted by Gasteiger charge is 2.28. The fourth-order valence-corrected chi connectivity index (χ4v) is 4.31. The molecule has 0 saturated heterocycles. The van der Waals surface area contributed by atoms with Gasteiger partial charge in [0.05, 0.1) is 18.8 Å². The summed E-state index contributed by atoms with van der Waals surface area (Å²) in [6.07, 6.45) is 34.0. The van der Waals surface area contributed by atoms with Crippen LogP contribution in [0.1, 0.15) is 123 Å². The van der Waals surface area contributed by atoms with E-state index < -0.39 is 36.9 Å². The first kappa shape index (κ1) is 39.0. The summed E-state index contributed by atoms with van der Waals surface area (Å²) < 4.78 is 0. The molecule has 0 aliphatic rings. The molecule has 236 valence electrons. The van der Waals surface area contributed by atoms with Crippen LogP contribution in [-0.4, -0.2) is 57.3 Å². The number of allylic oxidation sites excluding steroid dienone is 9. The Morgan fingerprint density at radius 2 is 1.20 bits per heavy atom. The van der Waals surface area contributed by atoms with Gasteiger partial charge in [0, 0.05) is 6.42 Å². The van der Waals surface area contributed by atoms with Crippen LogP contribution in [0.2, 0.25) is 0 Å². The standard InChI is InChI=1S/C35H61NO5/c1-3-5-7-9-11-13-15-17-19-20-22-24-26-28-32(38)34(40)31(30-37)36-35(41)33(39)29-27-25-23-21-18-16-14-12-10-8-6-4-2/h5,7,13,15,18,20-22,25,27,31-34,37-40H,3-4,6,8-12,14,16-17,19,23-24,26,28-30H2,1-2H3,(H,36,41)/b7-5+,15-13+,21-18-,22-20+,27-25-. The highest BCUT2D eigenvalue weighted by molar-refractivity contribution is 5.81. The second kappa shape index (κ2) is 29.5. The van der Waals surface area contributed by atoms with Crippen LogP contribution in [0, 0.1) is 0 Å². The lowest BCUT2D eigenvalue weighted by Gasteiger charge is -2.27. The van der Waals surface area contributed by atoms with Crippen LogP contribution < -0.4 is 5.32 Å². The van der Waals surface area contributed by atoms with E-state index in [2.05, 4.69) is 67.8 Å². The van der Waals surface area contributed by atoms with Gasteiger partial charge in [-0.25, -0.2) is 0 Å². The maximum atomic E-state index is 12.3. The molecule has 0 aliphatic carbocycles. The van der Waals surface area contributed by atoms with Crippen molar-refractivity contribution in [3.05, 3.63) is 60.8 Å². The van der Waals surface area contributed by atoms with Gasteiger partial charge in [-0.3, -0.25) is 4.79 Å². The summed E-state index contributed by atoms with van der Waals surface area (Å²) in [5.74, 6) is -0.673. The summed E-state index contributed by atoms with van der Waals surface area (Å²) in [5.41, 5.74) is 0. The monoisotopic (exact) mass is 575 g/mol. The minimum atomic E-state index is -1.32. The van der Waals surface area contributed by atoms with Gasteiger partial charge in [-0.15, -0.1) is 0 Å². The zero-order chi connectivity index (χ0) is 30.4. The average Bonchev–Trinajstić information content (AvgIpc) is 2.98. The number of hydrogen-bond acceptors (Lipinski definition) is 5. The van der Waals surface area contributed by atoms with Gasteiger partial charge in [-0.2, -0.15) is 0 Å². The van der Waals surface area contributed by atoms with Crippen LogP contribution in [0.4, 0.5) is 0 Å². The fourth-order valence-electron chi connectivity index (χ4n) is 4.31. The molecule has 1 amide bonds. The van der Waals surface area contributed by atoms with Crippen molar-refractivity contribution >= 4 is 5.91 Å². The van der Waals surface area contributed by atoms with E-state index in [0.717, 1.165) is 51.4 Å². The smallest absolute Gasteiger partial charge is 0.249 e. The molecule has 41 heavy (non-hydrogen) atoms. The van der Waals surface area contributed by atoms with Crippen molar-refractivity contribution in [3.63, 3.8) is 0 Å². The molecule has 0 saturated carbocycles. The quantitative estimate of drug-likeness (QED) is 0.0535. The summed E-state index contributed by atoms with van der Waals surface area (Å²) >= 11 is 0. The number of carbonyl (C=O) groups is 1. The average molecular weight is 576 g/mol. The van der Waals surface area contributed by atoms with Gasteiger partial charge < -0.3 is 25.7 Å². The summed E-state index contributed by atoms with van der Waals surface area (Å²) in [5, 5.41) is 43.0. The first-order valence-electron chi connectivity index (χ1n) is 16.2. The molecule has 0 spiro atoms. The van der Waals surface area contributed by atoms with Gasteiger partial charge >= 0.3 is 0 Å². The Labute approximate surface area is 251 Å². The first-order valence-corrected chi connectivity index (χ1v) is 16.2. The summed E-state index contributed by atoms with van der Waals surface area (Å²) in [6, 6.07) is -1.04. The van der Waals surface area contributed by atoms with Crippen LogP contribution in [0.25, 0.3) is 0 Å². The predicted octanol–water partition coefficient (Wildman–Crippen LogP) is 7.00. The van der Waals surface area contributed by atoms with E-state index in [1.807, 2.05) is 6.08 Å². The summed E-state index contributed by atoms with van der Waals surface area (Å²) in [4.78, 5) is 12.3. The molecule has 0 aromatic heterocycles. The Balaban J connectivity index is 4.10. The van der Waals surface area contributed by atoms with Crippen molar-refractivity contribution in [2.45, 2.75) is 147 Å². The topological polar surface area (TPSA) is 110 Å². The maximum absolute atomic E-state index is 12.3. The van der Waals surface area contributed by atoms with Crippen LogP contribution >= 0.6 is 0 Å². The summed E-state index contributed by atoms with van der Waals surface area (Å²) in [6.45, 7) is 3.83.